The second kappa shape index (κ2) is 5.66. The molecule has 1 N–H and O–H groups in total. The van der Waals surface area contributed by atoms with Crippen molar-refractivity contribution >= 4 is 5.69 Å². The van der Waals surface area contributed by atoms with Crippen LogP contribution in [0.25, 0.3) is 5.69 Å². The zero-order valence-electron chi connectivity index (χ0n) is 10.9. The van der Waals surface area contributed by atoms with Crippen molar-refractivity contribution in [3.05, 3.63) is 66.0 Å². The van der Waals surface area contributed by atoms with Gasteiger partial charge in [0.25, 0.3) is 0 Å². The Morgan fingerprint density at radius 1 is 1.05 bits per heavy atom. The van der Waals surface area contributed by atoms with Crippen LogP contribution in [0.1, 0.15) is 5.56 Å². The number of nitrogens with zero attached hydrogens (tertiary/aromatic N) is 4. The van der Waals surface area contributed by atoms with Crippen LogP contribution < -0.4 is 5.32 Å². The summed E-state index contributed by atoms with van der Waals surface area (Å²) in [7, 11) is 0. The molecule has 0 radical (unpaired) electrons. The topological polar surface area (TPSA) is 55.6 Å². The molecular weight excluding hydrogens is 276 g/mol. The summed E-state index contributed by atoms with van der Waals surface area (Å²) in [6.07, 6.45) is 1.46. The summed E-state index contributed by atoms with van der Waals surface area (Å²) < 4.78 is 28.3. The molecule has 0 saturated carbocycles. The number of tetrazole rings is 1. The molecule has 0 aliphatic carbocycles. The fraction of sp³-hybridized carbons (Fsp3) is 0.0714. The fourth-order valence-electron chi connectivity index (χ4n) is 1.97. The quantitative estimate of drug-likeness (QED) is 0.801. The number of hydrogen-bond acceptors (Lipinski definition) is 4. The van der Waals surface area contributed by atoms with Crippen LogP contribution in [0.3, 0.4) is 0 Å². The number of halogens is 2. The summed E-state index contributed by atoms with van der Waals surface area (Å²) in [5.41, 5.74) is 1.69. The Labute approximate surface area is 119 Å². The first-order chi connectivity index (χ1) is 10.3. The van der Waals surface area contributed by atoms with Crippen LogP contribution in [-0.4, -0.2) is 20.2 Å². The summed E-state index contributed by atoms with van der Waals surface area (Å²) in [4.78, 5) is 0. The SMILES string of the molecule is Fc1cccc(CNc2ccccc2-n2cnnn2)c1F. The molecule has 5 nitrogen and oxygen atoms in total. The number of para-hydroxylation sites is 2. The van der Waals surface area contributed by atoms with Crippen molar-refractivity contribution in [2.75, 3.05) is 5.32 Å². The summed E-state index contributed by atoms with van der Waals surface area (Å²) in [5, 5.41) is 14.0. The van der Waals surface area contributed by atoms with Crippen LogP contribution in [-0.2, 0) is 6.54 Å². The van der Waals surface area contributed by atoms with E-state index in [9.17, 15) is 8.78 Å². The first-order valence-electron chi connectivity index (χ1n) is 6.25. The van der Waals surface area contributed by atoms with Crippen LogP contribution in [0.4, 0.5) is 14.5 Å². The van der Waals surface area contributed by atoms with Gasteiger partial charge < -0.3 is 5.32 Å². The Hall–Kier alpha value is -2.83. The maximum absolute atomic E-state index is 13.6. The van der Waals surface area contributed by atoms with E-state index >= 15 is 0 Å². The fourth-order valence-corrected chi connectivity index (χ4v) is 1.97. The molecule has 1 heterocycles. The Morgan fingerprint density at radius 2 is 1.90 bits per heavy atom. The average molecular weight is 287 g/mol. The van der Waals surface area contributed by atoms with Gasteiger partial charge in [-0.1, -0.05) is 24.3 Å². The average Bonchev–Trinajstić information content (AvgIpc) is 3.03. The third-order valence-electron chi connectivity index (χ3n) is 3.00. The molecule has 7 heteroatoms. The van der Waals surface area contributed by atoms with Gasteiger partial charge in [-0.15, -0.1) is 5.10 Å². The second-order valence-corrected chi connectivity index (χ2v) is 4.34. The van der Waals surface area contributed by atoms with Crippen LogP contribution in [0.2, 0.25) is 0 Å². The van der Waals surface area contributed by atoms with Gasteiger partial charge in [-0.3, -0.25) is 0 Å². The first kappa shape index (κ1) is 13.2. The highest BCUT2D eigenvalue weighted by molar-refractivity contribution is 5.60. The van der Waals surface area contributed by atoms with Crippen LogP contribution in [0.15, 0.2) is 48.8 Å². The Kier molecular flexibility index (Phi) is 3.55. The Balaban J connectivity index is 1.85. The molecule has 0 unspecified atom stereocenters. The van der Waals surface area contributed by atoms with Gasteiger partial charge in [0.15, 0.2) is 11.6 Å². The maximum atomic E-state index is 13.6. The van der Waals surface area contributed by atoms with E-state index < -0.39 is 11.6 Å². The Bertz CT molecular complexity index is 743. The molecule has 0 aliphatic heterocycles. The number of benzene rings is 2. The molecule has 3 rings (SSSR count). The number of hydrogen-bond donors (Lipinski definition) is 1. The van der Waals surface area contributed by atoms with Crippen molar-refractivity contribution in [1.29, 1.82) is 0 Å². The van der Waals surface area contributed by atoms with Crippen LogP contribution >= 0.6 is 0 Å². The molecular formula is C14H11F2N5. The molecule has 2 aromatic carbocycles. The number of anilines is 1. The van der Waals surface area contributed by atoms with E-state index in [0.29, 0.717) is 5.69 Å². The van der Waals surface area contributed by atoms with Crippen molar-refractivity contribution in [1.82, 2.24) is 20.2 Å². The van der Waals surface area contributed by atoms with Gasteiger partial charge in [0.1, 0.15) is 6.33 Å². The zero-order chi connectivity index (χ0) is 14.7. The lowest BCUT2D eigenvalue weighted by Gasteiger charge is -2.11. The van der Waals surface area contributed by atoms with Gasteiger partial charge in [-0.2, -0.15) is 4.68 Å². The third kappa shape index (κ3) is 2.71. The van der Waals surface area contributed by atoms with E-state index in [2.05, 4.69) is 20.8 Å². The Morgan fingerprint density at radius 3 is 2.71 bits per heavy atom. The smallest absolute Gasteiger partial charge is 0.163 e. The molecule has 0 fully saturated rings. The van der Waals surface area contributed by atoms with Gasteiger partial charge in [0.2, 0.25) is 0 Å². The normalized spacial score (nSPS) is 10.6. The lowest BCUT2D eigenvalue weighted by molar-refractivity contribution is 0.500. The third-order valence-corrected chi connectivity index (χ3v) is 3.00. The lowest BCUT2D eigenvalue weighted by atomic mass is 10.2. The summed E-state index contributed by atoms with van der Waals surface area (Å²) >= 11 is 0. The van der Waals surface area contributed by atoms with Crippen molar-refractivity contribution in [2.24, 2.45) is 0 Å². The molecule has 0 spiro atoms. The second-order valence-electron chi connectivity index (χ2n) is 4.34. The predicted octanol–water partition coefficient (Wildman–Crippen LogP) is 2.55. The zero-order valence-corrected chi connectivity index (χ0v) is 10.9. The molecule has 0 saturated heterocycles. The molecule has 1 aromatic heterocycles. The van der Waals surface area contributed by atoms with E-state index in [1.54, 1.807) is 0 Å². The molecule has 0 aliphatic rings. The van der Waals surface area contributed by atoms with E-state index in [-0.39, 0.29) is 12.1 Å². The van der Waals surface area contributed by atoms with Gasteiger partial charge in [-0.05, 0) is 28.6 Å². The summed E-state index contributed by atoms with van der Waals surface area (Å²) in [5.74, 6) is -1.70. The highest BCUT2D eigenvalue weighted by Crippen LogP contribution is 2.20. The van der Waals surface area contributed by atoms with Crippen LogP contribution in [0, 0.1) is 11.6 Å². The van der Waals surface area contributed by atoms with Crippen molar-refractivity contribution in [3.8, 4) is 5.69 Å². The van der Waals surface area contributed by atoms with Crippen molar-refractivity contribution < 1.29 is 8.78 Å². The van der Waals surface area contributed by atoms with E-state index in [1.807, 2.05) is 24.3 Å². The molecule has 0 bridgehead atoms. The first-order valence-corrected chi connectivity index (χ1v) is 6.25. The number of nitrogens with one attached hydrogen (secondary N) is 1. The van der Waals surface area contributed by atoms with Gasteiger partial charge in [0.05, 0.1) is 11.4 Å². The number of rotatable bonds is 4. The largest absolute Gasteiger partial charge is 0.379 e. The van der Waals surface area contributed by atoms with E-state index in [4.69, 9.17) is 0 Å². The lowest BCUT2D eigenvalue weighted by Crippen LogP contribution is -2.07. The van der Waals surface area contributed by atoms with Gasteiger partial charge >= 0.3 is 0 Å². The highest BCUT2D eigenvalue weighted by Gasteiger charge is 2.09. The monoisotopic (exact) mass is 287 g/mol. The molecule has 3 aromatic rings. The standard InChI is InChI=1S/C14H11F2N5/c15-11-5-3-4-10(14(11)16)8-17-12-6-1-2-7-13(12)21-9-18-19-20-21/h1-7,9,17H,8H2. The minimum atomic E-state index is -0.858. The van der Waals surface area contributed by atoms with Gasteiger partial charge in [-0.25, -0.2) is 8.78 Å². The van der Waals surface area contributed by atoms with E-state index in [1.165, 1.54) is 23.1 Å². The molecule has 21 heavy (non-hydrogen) atoms. The molecule has 0 amide bonds. The summed E-state index contributed by atoms with van der Waals surface area (Å²) in [6, 6.07) is 11.4. The summed E-state index contributed by atoms with van der Waals surface area (Å²) in [6.45, 7) is 0.155. The molecule has 106 valence electrons. The van der Waals surface area contributed by atoms with E-state index in [0.717, 1.165) is 11.8 Å². The number of aromatic nitrogens is 4. The molecule has 0 atom stereocenters. The van der Waals surface area contributed by atoms with Crippen molar-refractivity contribution in [3.63, 3.8) is 0 Å². The van der Waals surface area contributed by atoms with Crippen molar-refractivity contribution in [2.45, 2.75) is 6.54 Å². The van der Waals surface area contributed by atoms with Gasteiger partial charge in [0, 0.05) is 12.1 Å². The minimum Gasteiger partial charge on any atom is -0.379 e. The predicted molar refractivity (Wildman–Crippen MR) is 72.8 cm³/mol. The maximum Gasteiger partial charge on any atom is 0.163 e. The highest BCUT2D eigenvalue weighted by atomic mass is 19.2. The minimum absolute atomic E-state index is 0.155. The van der Waals surface area contributed by atoms with Crippen LogP contribution in [0.5, 0.6) is 0 Å².